The van der Waals surface area contributed by atoms with E-state index in [9.17, 15) is 18.0 Å². The van der Waals surface area contributed by atoms with Crippen LogP contribution in [-0.2, 0) is 12.8 Å². The van der Waals surface area contributed by atoms with E-state index < -0.39 is 17.6 Å². The van der Waals surface area contributed by atoms with Crippen LogP contribution in [-0.4, -0.2) is 12.1 Å². The van der Waals surface area contributed by atoms with Crippen molar-refractivity contribution in [3.63, 3.8) is 0 Å². The van der Waals surface area contributed by atoms with Crippen molar-refractivity contribution in [2.75, 3.05) is 0 Å². The first kappa shape index (κ1) is 21.6. The Kier molecular flexibility index (Phi) is 6.89. The van der Waals surface area contributed by atoms with E-state index >= 15 is 0 Å². The average molecular weight is 477 g/mol. The molecule has 4 nitrogen and oxygen atoms in total. The Balaban J connectivity index is 1.60. The molecule has 0 fully saturated rings. The van der Waals surface area contributed by atoms with Crippen LogP contribution in [0.15, 0.2) is 82.4 Å². The van der Waals surface area contributed by atoms with E-state index in [1.165, 1.54) is 18.3 Å². The van der Waals surface area contributed by atoms with Gasteiger partial charge in [-0.05, 0) is 63.5 Å². The first-order valence-corrected chi connectivity index (χ1v) is 9.59. The predicted octanol–water partition coefficient (Wildman–Crippen LogP) is 5.81. The van der Waals surface area contributed by atoms with Gasteiger partial charge in [0.05, 0.1) is 16.3 Å². The number of nitrogens with one attached hydrogen (secondary N) is 1. The number of ether oxygens (including phenoxy) is 1. The summed E-state index contributed by atoms with van der Waals surface area (Å²) in [5, 5.41) is 3.81. The maximum absolute atomic E-state index is 12.8. The molecular weight excluding hydrogens is 461 g/mol. The third kappa shape index (κ3) is 5.93. The minimum atomic E-state index is -4.52. The molecule has 30 heavy (non-hydrogen) atoms. The minimum absolute atomic E-state index is 0.132. The molecule has 0 aliphatic heterocycles. The van der Waals surface area contributed by atoms with Gasteiger partial charge in [-0.15, -0.1) is 0 Å². The number of carbonyl (C=O) groups is 1. The molecule has 0 radical (unpaired) electrons. The summed E-state index contributed by atoms with van der Waals surface area (Å²) in [6, 6.07) is 19.1. The first-order chi connectivity index (χ1) is 14.3. The fraction of sp³-hybridized carbons (Fsp3) is 0.0909. The zero-order valence-electron chi connectivity index (χ0n) is 15.5. The number of carbonyl (C=O) groups excluding carboxylic acids is 1. The molecule has 3 aromatic rings. The normalized spacial score (nSPS) is 11.5. The van der Waals surface area contributed by atoms with Gasteiger partial charge in [0.1, 0.15) is 12.4 Å². The van der Waals surface area contributed by atoms with Crippen molar-refractivity contribution in [2.45, 2.75) is 12.8 Å². The van der Waals surface area contributed by atoms with E-state index in [1.807, 2.05) is 30.3 Å². The highest BCUT2D eigenvalue weighted by Gasteiger charge is 2.30. The van der Waals surface area contributed by atoms with Crippen LogP contribution < -0.4 is 10.2 Å². The quantitative estimate of drug-likeness (QED) is 0.360. The highest BCUT2D eigenvalue weighted by molar-refractivity contribution is 9.10. The zero-order valence-corrected chi connectivity index (χ0v) is 17.1. The molecule has 8 heteroatoms. The Labute approximate surface area is 179 Å². The third-order valence-corrected chi connectivity index (χ3v) is 4.64. The van der Waals surface area contributed by atoms with Gasteiger partial charge in [0.25, 0.3) is 5.91 Å². The van der Waals surface area contributed by atoms with Crippen molar-refractivity contribution in [1.29, 1.82) is 0 Å². The van der Waals surface area contributed by atoms with Crippen molar-refractivity contribution in [3.05, 3.63) is 99.5 Å². The number of amides is 1. The van der Waals surface area contributed by atoms with E-state index in [2.05, 4.69) is 26.5 Å². The smallest absolute Gasteiger partial charge is 0.416 e. The molecule has 0 aliphatic rings. The van der Waals surface area contributed by atoms with Gasteiger partial charge in [-0.1, -0.05) is 36.4 Å². The second kappa shape index (κ2) is 9.58. The summed E-state index contributed by atoms with van der Waals surface area (Å²) in [7, 11) is 0. The Morgan fingerprint density at radius 2 is 1.80 bits per heavy atom. The maximum atomic E-state index is 12.8. The molecule has 1 amide bonds. The van der Waals surface area contributed by atoms with Crippen molar-refractivity contribution < 1.29 is 22.7 Å². The summed E-state index contributed by atoms with van der Waals surface area (Å²) < 4.78 is 44.7. The Bertz CT molecular complexity index is 1050. The molecule has 0 saturated heterocycles. The lowest BCUT2D eigenvalue weighted by Crippen LogP contribution is -2.18. The van der Waals surface area contributed by atoms with Crippen LogP contribution in [0.3, 0.4) is 0 Å². The molecule has 0 aliphatic carbocycles. The minimum Gasteiger partial charge on any atom is -0.488 e. The van der Waals surface area contributed by atoms with Gasteiger partial charge in [0.2, 0.25) is 0 Å². The summed E-state index contributed by atoms with van der Waals surface area (Å²) in [6.45, 7) is 0.417. The summed E-state index contributed by atoms with van der Waals surface area (Å²) in [4.78, 5) is 12.0. The van der Waals surface area contributed by atoms with Crippen molar-refractivity contribution in [1.82, 2.24) is 5.43 Å². The van der Waals surface area contributed by atoms with Crippen LogP contribution in [0.2, 0.25) is 0 Å². The number of hydrogen-bond acceptors (Lipinski definition) is 3. The molecule has 0 spiro atoms. The fourth-order valence-corrected chi connectivity index (χ4v) is 3.03. The lowest BCUT2D eigenvalue weighted by Gasteiger charge is -2.09. The zero-order chi connectivity index (χ0) is 21.6. The second-order valence-corrected chi connectivity index (χ2v) is 7.10. The van der Waals surface area contributed by atoms with Crippen LogP contribution in [0, 0.1) is 0 Å². The number of halogens is 4. The average Bonchev–Trinajstić information content (AvgIpc) is 2.73. The number of nitrogens with zero attached hydrogens (tertiary/aromatic N) is 1. The van der Waals surface area contributed by atoms with Gasteiger partial charge in [-0.3, -0.25) is 4.79 Å². The fourth-order valence-electron chi connectivity index (χ4n) is 2.52. The van der Waals surface area contributed by atoms with E-state index in [0.717, 1.165) is 17.7 Å². The molecule has 0 atom stereocenters. The molecule has 3 aromatic carbocycles. The Morgan fingerprint density at radius 3 is 2.50 bits per heavy atom. The molecule has 0 unspecified atom stereocenters. The molecule has 0 saturated carbocycles. The topological polar surface area (TPSA) is 50.7 Å². The largest absolute Gasteiger partial charge is 0.488 e. The number of hydrogen-bond donors (Lipinski definition) is 1. The van der Waals surface area contributed by atoms with E-state index in [1.54, 1.807) is 18.2 Å². The SMILES string of the molecule is O=C(N/N=C\c1ccc(OCc2ccccc2)c(Br)c1)c1cccc(C(F)(F)F)c1. The van der Waals surface area contributed by atoms with Crippen molar-refractivity contribution in [3.8, 4) is 5.75 Å². The van der Waals surface area contributed by atoms with Gasteiger partial charge in [0, 0.05) is 5.56 Å². The summed E-state index contributed by atoms with van der Waals surface area (Å²) in [5.41, 5.74) is 2.90. The van der Waals surface area contributed by atoms with Crippen molar-refractivity contribution >= 4 is 28.1 Å². The summed E-state index contributed by atoms with van der Waals surface area (Å²) >= 11 is 3.42. The van der Waals surface area contributed by atoms with E-state index in [4.69, 9.17) is 4.74 Å². The van der Waals surface area contributed by atoms with Gasteiger partial charge in [0.15, 0.2) is 0 Å². The highest BCUT2D eigenvalue weighted by Crippen LogP contribution is 2.29. The Hall–Kier alpha value is -3.13. The molecular formula is C22H16BrF3N2O2. The van der Waals surface area contributed by atoms with Crippen LogP contribution in [0.5, 0.6) is 5.75 Å². The van der Waals surface area contributed by atoms with Gasteiger partial charge < -0.3 is 4.74 Å². The molecule has 1 N–H and O–H groups in total. The summed E-state index contributed by atoms with van der Waals surface area (Å²) in [6.07, 6.45) is -3.13. The molecule has 0 heterocycles. The number of benzene rings is 3. The molecule has 0 aromatic heterocycles. The second-order valence-electron chi connectivity index (χ2n) is 6.24. The number of rotatable bonds is 6. The number of alkyl halides is 3. The lowest BCUT2D eigenvalue weighted by molar-refractivity contribution is -0.137. The molecule has 3 rings (SSSR count). The Morgan fingerprint density at radius 1 is 1.03 bits per heavy atom. The number of hydrazone groups is 1. The lowest BCUT2D eigenvalue weighted by atomic mass is 10.1. The third-order valence-electron chi connectivity index (χ3n) is 4.02. The van der Waals surface area contributed by atoms with Crippen LogP contribution >= 0.6 is 15.9 Å². The summed E-state index contributed by atoms with van der Waals surface area (Å²) in [5.74, 6) is -0.0942. The molecule has 154 valence electrons. The predicted molar refractivity (Wildman–Crippen MR) is 111 cm³/mol. The van der Waals surface area contributed by atoms with E-state index in [-0.39, 0.29) is 5.56 Å². The van der Waals surface area contributed by atoms with Crippen LogP contribution in [0.4, 0.5) is 13.2 Å². The first-order valence-electron chi connectivity index (χ1n) is 8.80. The van der Waals surface area contributed by atoms with Gasteiger partial charge in [-0.25, -0.2) is 5.43 Å². The van der Waals surface area contributed by atoms with Crippen molar-refractivity contribution in [2.24, 2.45) is 5.10 Å². The van der Waals surface area contributed by atoms with Gasteiger partial charge in [-0.2, -0.15) is 18.3 Å². The maximum Gasteiger partial charge on any atom is 0.416 e. The highest BCUT2D eigenvalue weighted by atomic mass is 79.9. The van der Waals surface area contributed by atoms with Gasteiger partial charge >= 0.3 is 6.18 Å². The van der Waals surface area contributed by atoms with E-state index in [0.29, 0.717) is 22.4 Å². The monoisotopic (exact) mass is 476 g/mol. The van der Waals surface area contributed by atoms with Crippen LogP contribution in [0.25, 0.3) is 0 Å². The van der Waals surface area contributed by atoms with Crippen LogP contribution in [0.1, 0.15) is 27.0 Å². The standard InChI is InChI=1S/C22H16BrF3N2O2/c23-19-11-16(9-10-20(19)30-14-15-5-2-1-3-6-15)13-27-28-21(29)17-7-4-8-18(12-17)22(24,25)26/h1-13H,14H2,(H,28,29)/b27-13-. The molecule has 0 bridgehead atoms.